The van der Waals surface area contributed by atoms with E-state index in [9.17, 15) is 4.79 Å². The van der Waals surface area contributed by atoms with Gasteiger partial charge in [-0.05, 0) is 23.5 Å². The number of anilines is 1. The molecule has 1 rings (SSSR count). The molecule has 0 aliphatic heterocycles. The molecule has 106 valence electrons. The van der Waals surface area contributed by atoms with E-state index in [4.69, 9.17) is 10.5 Å². The van der Waals surface area contributed by atoms with E-state index in [0.717, 1.165) is 0 Å². The van der Waals surface area contributed by atoms with Crippen molar-refractivity contribution < 1.29 is 9.53 Å². The van der Waals surface area contributed by atoms with Gasteiger partial charge in [-0.2, -0.15) is 0 Å². The van der Waals surface area contributed by atoms with E-state index in [1.165, 1.54) is 0 Å². The Labute approximate surface area is 115 Å². The van der Waals surface area contributed by atoms with Crippen LogP contribution in [0.15, 0.2) is 24.3 Å². The van der Waals surface area contributed by atoms with Crippen LogP contribution in [-0.2, 0) is 4.79 Å². The fraction of sp³-hybridized carbons (Fsp3) is 0.533. The van der Waals surface area contributed by atoms with Crippen molar-refractivity contribution in [2.45, 2.75) is 27.7 Å². The Balaban J connectivity index is 2.36. The largest absolute Gasteiger partial charge is 0.484 e. The second kappa shape index (κ2) is 6.45. The summed E-state index contributed by atoms with van der Waals surface area (Å²) in [5.74, 6) is 0.997. The average molecular weight is 264 g/mol. The summed E-state index contributed by atoms with van der Waals surface area (Å²) >= 11 is 0. The van der Waals surface area contributed by atoms with Crippen LogP contribution in [0.25, 0.3) is 0 Å². The minimum Gasteiger partial charge on any atom is -0.484 e. The van der Waals surface area contributed by atoms with Gasteiger partial charge in [-0.3, -0.25) is 4.79 Å². The second-order valence-corrected chi connectivity index (χ2v) is 5.78. The van der Waals surface area contributed by atoms with Crippen molar-refractivity contribution in [3.63, 3.8) is 0 Å². The number of amides is 1. The van der Waals surface area contributed by atoms with Gasteiger partial charge in [0, 0.05) is 18.3 Å². The second-order valence-electron chi connectivity index (χ2n) is 5.78. The van der Waals surface area contributed by atoms with Gasteiger partial charge in [0.25, 0.3) is 5.91 Å². The average Bonchev–Trinajstić information content (AvgIpc) is 2.34. The Kier molecular flexibility index (Phi) is 5.21. The zero-order valence-corrected chi connectivity index (χ0v) is 12.2. The van der Waals surface area contributed by atoms with Crippen LogP contribution in [-0.4, -0.2) is 19.1 Å². The van der Waals surface area contributed by atoms with Gasteiger partial charge in [0.15, 0.2) is 6.61 Å². The lowest BCUT2D eigenvalue weighted by Gasteiger charge is -2.29. The third-order valence-corrected chi connectivity index (χ3v) is 3.53. The molecule has 1 amide bonds. The number of rotatable bonds is 6. The Morgan fingerprint density at radius 3 is 2.68 bits per heavy atom. The topological polar surface area (TPSA) is 64.3 Å². The van der Waals surface area contributed by atoms with E-state index in [0.29, 0.717) is 23.9 Å². The fourth-order valence-electron chi connectivity index (χ4n) is 1.33. The number of carbonyl (C=O) groups excluding carboxylic acids is 1. The van der Waals surface area contributed by atoms with Gasteiger partial charge in [0.2, 0.25) is 0 Å². The predicted octanol–water partition coefficient (Wildman–Crippen LogP) is 2.45. The van der Waals surface area contributed by atoms with Crippen molar-refractivity contribution in [2.75, 3.05) is 18.9 Å². The standard InChI is InChI=1S/C15H24N2O2/c1-11(2)15(3,4)10-17-14(18)9-19-13-7-5-6-12(16)8-13/h5-8,11H,9-10,16H2,1-4H3,(H,17,18). The van der Waals surface area contributed by atoms with Crippen LogP contribution < -0.4 is 15.8 Å². The molecule has 0 heterocycles. The highest BCUT2D eigenvalue weighted by atomic mass is 16.5. The third-order valence-electron chi connectivity index (χ3n) is 3.53. The molecule has 1 aromatic carbocycles. The Morgan fingerprint density at radius 2 is 2.11 bits per heavy atom. The molecule has 0 saturated carbocycles. The molecule has 4 heteroatoms. The zero-order chi connectivity index (χ0) is 14.5. The number of nitrogen functional groups attached to an aromatic ring is 1. The lowest BCUT2D eigenvalue weighted by molar-refractivity contribution is -0.123. The number of nitrogens with two attached hydrogens (primary N) is 1. The minimum absolute atomic E-state index is 0.0115. The summed E-state index contributed by atoms with van der Waals surface area (Å²) in [6.45, 7) is 9.22. The first-order chi connectivity index (χ1) is 8.81. The number of nitrogens with one attached hydrogen (secondary N) is 1. The quantitative estimate of drug-likeness (QED) is 0.776. The predicted molar refractivity (Wildman–Crippen MR) is 78.0 cm³/mol. The van der Waals surface area contributed by atoms with Crippen LogP contribution in [0.2, 0.25) is 0 Å². The zero-order valence-electron chi connectivity index (χ0n) is 12.2. The van der Waals surface area contributed by atoms with Crippen molar-refractivity contribution in [1.29, 1.82) is 0 Å². The molecule has 3 N–H and O–H groups in total. The van der Waals surface area contributed by atoms with Gasteiger partial charge >= 0.3 is 0 Å². The van der Waals surface area contributed by atoms with Gasteiger partial charge in [-0.1, -0.05) is 33.8 Å². The maximum Gasteiger partial charge on any atom is 0.257 e. The highest BCUT2D eigenvalue weighted by molar-refractivity contribution is 5.77. The molecule has 0 fully saturated rings. The molecule has 19 heavy (non-hydrogen) atoms. The molecule has 4 nitrogen and oxygen atoms in total. The van der Waals surface area contributed by atoms with E-state index in [1.807, 2.05) is 0 Å². The normalized spacial score (nSPS) is 11.4. The van der Waals surface area contributed by atoms with Crippen LogP contribution in [0, 0.1) is 11.3 Å². The summed E-state index contributed by atoms with van der Waals surface area (Å²) in [6, 6.07) is 7.05. The molecule has 0 radical (unpaired) electrons. The van der Waals surface area contributed by atoms with E-state index >= 15 is 0 Å². The molecular formula is C15H24N2O2. The van der Waals surface area contributed by atoms with Crippen molar-refractivity contribution in [1.82, 2.24) is 5.32 Å². The number of ether oxygens (including phenoxy) is 1. The minimum atomic E-state index is -0.115. The number of hydrogen-bond acceptors (Lipinski definition) is 3. The van der Waals surface area contributed by atoms with Gasteiger partial charge in [0.05, 0.1) is 0 Å². The molecule has 1 aromatic rings. The maximum absolute atomic E-state index is 11.7. The van der Waals surface area contributed by atoms with Gasteiger partial charge in [-0.15, -0.1) is 0 Å². The molecule has 0 aromatic heterocycles. The molecule has 0 unspecified atom stereocenters. The molecule has 0 bridgehead atoms. The summed E-state index contributed by atoms with van der Waals surface area (Å²) in [5.41, 5.74) is 6.33. The number of benzene rings is 1. The van der Waals surface area contributed by atoms with E-state index in [1.54, 1.807) is 24.3 Å². The van der Waals surface area contributed by atoms with Gasteiger partial charge in [0.1, 0.15) is 5.75 Å². The molecule has 0 aliphatic carbocycles. The summed E-state index contributed by atoms with van der Waals surface area (Å²) in [7, 11) is 0. The summed E-state index contributed by atoms with van der Waals surface area (Å²) in [4.78, 5) is 11.7. The first-order valence-corrected chi connectivity index (χ1v) is 6.56. The number of carbonyl (C=O) groups is 1. The lowest BCUT2D eigenvalue weighted by Crippen LogP contribution is -2.39. The highest BCUT2D eigenvalue weighted by Gasteiger charge is 2.22. The number of hydrogen-bond donors (Lipinski definition) is 2. The Bertz CT molecular complexity index is 428. The van der Waals surface area contributed by atoms with Crippen molar-refractivity contribution in [3.05, 3.63) is 24.3 Å². The first-order valence-electron chi connectivity index (χ1n) is 6.56. The van der Waals surface area contributed by atoms with Crippen LogP contribution >= 0.6 is 0 Å². The Hall–Kier alpha value is -1.71. The van der Waals surface area contributed by atoms with Crippen LogP contribution in [0.3, 0.4) is 0 Å². The summed E-state index contributed by atoms with van der Waals surface area (Å²) < 4.78 is 5.38. The van der Waals surface area contributed by atoms with Gasteiger partial charge in [-0.25, -0.2) is 0 Å². The molecule has 0 atom stereocenters. The van der Waals surface area contributed by atoms with Crippen molar-refractivity contribution in [2.24, 2.45) is 11.3 Å². The Morgan fingerprint density at radius 1 is 1.42 bits per heavy atom. The molecule has 0 saturated heterocycles. The molecule has 0 aliphatic rings. The first kappa shape index (κ1) is 15.3. The van der Waals surface area contributed by atoms with Crippen LogP contribution in [0.4, 0.5) is 5.69 Å². The highest BCUT2D eigenvalue weighted by Crippen LogP contribution is 2.24. The van der Waals surface area contributed by atoms with E-state index in [2.05, 4.69) is 33.0 Å². The van der Waals surface area contributed by atoms with Crippen LogP contribution in [0.5, 0.6) is 5.75 Å². The van der Waals surface area contributed by atoms with Crippen molar-refractivity contribution in [3.8, 4) is 5.75 Å². The SMILES string of the molecule is CC(C)C(C)(C)CNC(=O)COc1cccc(N)c1. The summed E-state index contributed by atoms with van der Waals surface area (Å²) in [5, 5.41) is 2.89. The fourth-order valence-corrected chi connectivity index (χ4v) is 1.33. The van der Waals surface area contributed by atoms with Gasteiger partial charge < -0.3 is 15.8 Å². The molecule has 0 spiro atoms. The summed E-state index contributed by atoms with van der Waals surface area (Å²) in [6.07, 6.45) is 0. The maximum atomic E-state index is 11.7. The molecular weight excluding hydrogens is 240 g/mol. The van der Waals surface area contributed by atoms with E-state index < -0.39 is 0 Å². The monoisotopic (exact) mass is 264 g/mol. The third kappa shape index (κ3) is 5.20. The van der Waals surface area contributed by atoms with E-state index in [-0.39, 0.29) is 17.9 Å². The lowest BCUT2D eigenvalue weighted by atomic mass is 9.81. The van der Waals surface area contributed by atoms with Crippen LogP contribution in [0.1, 0.15) is 27.7 Å². The van der Waals surface area contributed by atoms with Crippen molar-refractivity contribution >= 4 is 11.6 Å². The smallest absolute Gasteiger partial charge is 0.257 e.